The van der Waals surface area contributed by atoms with Crippen molar-refractivity contribution in [2.24, 2.45) is 0 Å². The first kappa shape index (κ1) is 33.1. The largest absolute Gasteiger partial charge is 0.490 e. The smallest absolute Gasteiger partial charge is 0.475 e. The fraction of sp³-hybridized carbons (Fsp3) is 0.250. The van der Waals surface area contributed by atoms with Crippen LogP contribution >= 0.6 is 11.6 Å². The molecule has 45 heavy (non-hydrogen) atoms. The normalized spacial score (nSPS) is 14.4. The molecule has 0 saturated carbocycles. The molecule has 0 radical (unpaired) electrons. The third kappa shape index (κ3) is 8.21. The van der Waals surface area contributed by atoms with E-state index in [2.05, 4.69) is 0 Å². The first-order valence-electron chi connectivity index (χ1n) is 13.7. The number of fused-ring (bicyclic) bond motifs is 1. The summed E-state index contributed by atoms with van der Waals surface area (Å²) in [5.74, 6) is -3.16. The van der Waals surface area contributed by atoms with Crippen LogP contribution in [0, 0.1) is 0 Å². The van der Waals surface area contributed by atoms with E-state index in [9.17, 15) is 27.6 Å². The second-order valence-electron chi connectivity index (χ2n) is 10.5. The van der Waals surface area contributed by atoms with Crippen molar-refractivity contribution < 1.29 is 37.5 Å². The number of halogens is 4. The molecule has 0 atom stereocenters. The zero-order valence-electron chi connectivity index (χ0n) is 24.4. The van der Waals surface area contributed by atoms with Crippen molar-refractivity contribution in [3.8, 4) is 0 Å². The summed E-state index contributed by atoms with van der Waals surface area (Å²) in [6, 6.07) is 20.0. The van der Waals surface area contributed by atoms with Crippen LogP contribution < -0.4 is 9.80 Å². The van der Waals surface area contributed by atoms with Gasteiger partial charge in [-0.2, -0.15) is 13.2 Å². The lowest BCUT2D eigenvalue weighted by molar-refractivity contribution is -0.192. The van der Waals surface area contributed by atoms with Gasteiger partial charge in [0.25, 0.3) is 11.8 Å². The number of carbonyl (C=O) groups excluding carboxylic acids is 3. The number of aliphatic carboxylic acids is 1. The topological polar surface area (TPSA) is 101 Å². The van der Waals surface area contributed by atoms with E-state index in [-0.39, 0.29) is 24.3 Å². The van der Waals surface area contributed by atoms with E-state index < -0.39 is 12.1 Å². The monoisotopic (exact) mass is 642 g/mol. The van der Waals surface area contributed by atoms with Crippen molar-refractivity contribution in [1.82, 2.24) is 9.80 Å². The molecule has 0 saturated heterocycles. The Morgan fingerprint density at radius 1 is 0.844 bits per heavy atom. The van der Waals surface area contributed by atoms with E-state index >= 15 is 0 Å². The molecule has 9 nitrogen and oxygen atoms in total. The lowest BCUT2D eigenvalue weighted by Gasteiger charge is -2.24. The summed E-state index contributed by atoms with van der Waals surface area (Å²) in [7, 11) is 3.91. The van der Waals surface area contributed by atoms with Crippen LogP contribution in [0.15, 0.2) is 78.9 Å². The highest BCUT2D eigenvalue weighted by Gasteiger charge is 2.38. The molecule has 2 aliphatic rings. The number of hydrogen-bond acceptors (Lipinski definition) is 5. The van der Waals surface area contributed by atoms with Crippen LogP contribution in [0.5, 0.6) is 0 Å². The highest BCUT2D eigenvalue weighted by Crippen LogP contribution is 2.31. The second kappa shape index (κ2) is 13.9. The van der Waals surface area contributed by atoms with Gasteiger partial charge in [0.1, 0.15) is 6.54 Å². The molecular formula is C32H30ClF3N4O5. The van der Waals surface area contributed by atoms with Gasteiger partial charge in [0.2, 0.25) is 5.91 Å². The van der Waals surface area contributed by atoms with Crippen LogP contribution in [-0.2, 0) is 22.7 Å². The molecule has 236 valence electrons. The number of alkyl halides is 3. The third-order valence-corrected chi connectivity index (χ3v) is 7.38. The van der Waals surface area contributed by atoms with Crippen molar-refractivity contribution in [3.05, 3.63) is 106 Å². The number of benzene rings is 3. The molecule has 0 unspecified atom stereocenters. The van der Waals surface area contributed by atoms with Crippen LogP contribution in [-0.4, -0.2) is 78.5 Å². The minimum atomic E-state index is -5.08. The summed E-state index contributed by atoms with van der Waals surface area (Å²) in [5, 5.41) is 7.67. The van der Waals surface area contributed by atoms with Gasteiger partial charge in [-0.1, -0.05) is 35.9 Å². The van der Waals surface area contributed by atoms with Gasteiger partial charge in [-0.15, -0.1) is 0 Å². The predicted molar refractivity (Wildman–Crippen MR) is 163 cm³/mol. The van der Waals surface area contributed by atoms with Crippen LogP contribution in [0.4, 0.5) is 24.5 Å². The molecule has 2 heterocycles. The van der Waals surface area contributed by atoms with Gasteiger partial charge >= 0.3 is 12.1 Å². The lowest BCUT2D eigenvalue weighted by Crippen LogP contribution is -2.39. The Labute approximate surface area is 262 Å². The molecule has 0 fully saturated rings. The molecule has 0 aromatic heterocycles. The molecular weight excluding hydrogens is 613 g/mol. The van der Waals surface area contributed by atoms with Gasteiger partial charge in [0, 0.05) is 61.3 Å². The van der Waals surface area contributed by atoms with E-state index in [1.165, 1.54) is 0 Å². The molecule has 5 rings (SSSR count). The van der Waals surface area contributed by atoms with Gasteiger partial charge in [-0.3, -0.25) is 14.4 Å². The average Bonchev–Trinajstić information content (AvgIpc) is 3.50. The number of nitrogens with zero attached hydrogens (tertiary/aromatic N) is 4. The molecule has 3 aromatic rings. The number of amides is 3. The Bertz CT molecular complexity index is 1600. The van der Waals surface area contributed by atoms with Crippen molar-refractivity contribution in [3.63, 3.8) is 0 Å². The molecule has 2 aliphatic heterocycles. The average molecular weight is 643 g/mol. The third-order valence-electron chi connectivity index (χ3n) is 7.13. The van der Waals surface area contributed by atoms with E-state index in [4.69, 9.17) is 21.5 Å². The standard InChI is InChI=1S/C30H29ClN4O3.C2HF3O2/c1-32(2)26-13-14-27-24(17-26)19-34(30(38)23-9-11-25(31)12-10-23)20-28(36)35(27)18-21-5-7-22(8-6-21)29(37)33-15-3-4-16-33;3-2(4,5)1(6)7/h3-14,17H,15-16,18-20H2,1-2H3;(H,6,7). The number of rotatable bonds is 5. The Morgan fingerprint density at radius 3 is 1.91 bits per heavy atom. The van der Waals surface area contributed by atoms with Crippen molar-refractivity contribution in [2.75, 3.05) is 43.5 Å². The minimum Gasteiger partial charge on any atom is -0.475 e. The number of anilines is 2. The first-order valence-corrected chi connectivity index (χ1v) is 14.1. The Hall–Kier alpha value is -4.84. The Kier molecular flexibility index (Phi) is 10.2. The zero-order valence-corrected chi connectivity index (χ0v) is 25.2. The molecule has 3 amide bonds. The predicted octanol–water partition coefficient (Wildman–Crippen LogP) is 5.24. The van der Waals surface area contributed by atoms with Crippen LogP contribution in [0.1, 0.15) is 31.8 Å². The number of carboxylic acid groups (broad SMARTS) is 1. The SMILES string of the molecule is CN(C)c1ccc2c(c1)CN(C(=O)c1ccc(Cl)cc1)CC(=O)N2Cc1ccc(C(=O)N2CC=CC2)cc1.O=C(O)C(F)(F)F. The number of carboxylic acids is 1. The summed E-state index contributed by atoms with van der Waals surface area (Å²) < 4.78 is 31.7. The van der Waals surface area contributed by atoms with E-state index in [1.807, 2.05) is 73.6 Å². The summed E-state index contributed by atoms with van der Waals surface area (Å²) >= 11 is 6.01. The Balaban J connectivity index is 0.000000591. The van der Waals surface area contributed by atoms with Crippen LogP contribution in [0.2, 0.25) is 5.02 Å². The fourth-order valence-corrected chi connectivity index (χ4v) is 4.86. The molecule has 1 N–H and O–H groups in total. The van der Waals surface area contributed by atoms with Gasteiger partial charge in [-0.25, -0.2) is 4.79 Å². The molecule has 0 aliphatic carbocycles. The molecule has 0 spiro atoms. The van der Waals surface area contributed by atoms with E-state index in [0.717, 1.165) is 22.5 Å². The Morgan fingerprint density at radius 2 is 1.38 bits per heavy atom. The zero-order chi connectivity index (χ0) is 32.9. The fourth-order valence-electron chi connectivity index (χ4n) is 4.74. The number of hydrogen-bond donors (Lipinski definition) is 1. The summed E-state index contributed by atoms with van der Waals surface area (Å²) in [5.41, 5.74) is 4.64. The van der Waals surface area contributed by atoms with Gasteiger partial charge < -0.3 is 24.7 Å². The van der Waals surface area contributed by atoms with E-state index in [0.29, 0.717) is 42.3 Å². The quantitative estimate of drug-likeness (QED) is 0.382. The number of carbonyl (C=O) groups is 4. The summed E-state index contributed by atoms with van der Waals surface area (Å²) in [4.78, 5) is 55.6. The summed E-state index contributed by atoms with van der Waals surface area (Å²) in [6.45, 7) is 1.83. The van der Waals surface area contributed by atoms with Crippen LogP contribution in [0.3, 0.4) is 0 Å². The van der Waals surface area contributed by atoms with Crippen molar-refractivity contribution in [2.45, 2.75) is 19.3 Å². The van der Waals surface area contributed by atoms with Gasteiger partial charge in [0.15, 0.2) is 0 Å². The maximum atomic E-state index is 13.6. The van der Waals surface area contributed by atoms with E-state index in [1.54, 1.807) is 39.0 Å². The minimum absolute atomic E-state index is 0.00897. The molecule has 0 bridgehead atoms. The highest BCUT2D eigenvalue weighted by molar-refractivity contribution is 6.30. The highest BCUT2D eigenvalue weighted by atomic mass is 35.5. The molecule has 13 heteroatoms. The molecule has 3 aromatic carbocycles. The van der Waals surface area contributed by atoms with Crippen LogP contribution in [0.25, 0.3) is 0 Å². The second-order valence-corrected chi connectivity index (χ2v) is 11.0. The maximum absolute atomic E-state index is 13.6. The van der Waals surface area contributed by atoms with Gasteiger partial charge in [0.05, 0.1) is 6.54 Å². The summed E-state index contributed by atoms with van der Waals surface area (Å²) in [6.07, 6.45) is -1.12. The van der Waals surface area contributed by atoms with Crippen molar-refractivity contribution in [1.29, 1.82) is 0 Å². The first-order chi connectivity index (χ1) is 21.2. The van der Waals surface area contributed by atoms with Crippen molar-refractivity contribution >= 4 is 46.7 Å². The maximum Gasteiger partial charge on any atom is 0.490 e. The van der Waals surface area contributed by atoms with Gasteiger partial charge in [-0.05, 0) is 65.7 Å². The lowest BCUT2D eigenvalue weighted by atomic mass is 10.1.